The van der Waals surface area contributed by atoms with Gasteiger partial charge < -0.3 is 5.73 Å². The van der Waals surface area contributed by atoms with Crippen molar-refractivity contribution in [2.24, 2.45) is 11.7 Å². The van der Waals surface area contributed by atoms with Crippen LogP contribution in [0.3, 0.4) is 0 Å². The summed E-state index contributed by atoms with van der Waals surface area (Å²) >= 11 is 0. The van der Waals surface area contributed by atoms with Gasteiger partial charge in [0, 0.05) is 18.7 Å². The van der Waals surface area contributed by atoms with Gasteiger partial charge in [-0.3, -0.25) is 10.3 Å². The van der Waals surface area contributed by atoms with Gasteiger partial charge in [0.25, 0.3) is 0 Å². The number of hydrogen-bond donors (Lipinski definition) is 2. The molecule has 1 aromatic rings. The maximum atomic E-state index is 7.32. The second-order valence-corrected chi connectivity index (χ2v) is 4.74. The van der Waals surface area contributed by atoms with Crippen molar-refractivity contribution in [1.29, 1.82) is 5.41 Å². The van der Waals surface area contributed by atoms with E-state index in [1.165, 1.54) is 25.1 Å². The number of nitrogens with two attached hydrogens (primary N) is 1. The van der Waals surface area contributed by atoms with Crippen LogP contribution in [-0.4, -0.2) is 23.8 Å². The van der Waals surface area contributed by atoms with Gasteiger partial charge in [-0.25, -0.2) is 0 Å². The molecule has 86 valence electrons. The third-order valence-corrected chi connectivity index (χ3v) is 3.18. The van der Waals surface area contributed by atoms with E-state index in [0.717, 1.165) is 18.0 Å². The minimum atomic E-state index is 0.140. The average molecular weight is 217 g/mol. The summed E-state index contributed by atoms with van der Waals surface area (Å²) in [5, 5.41) is 7.32. The largest absolute Gasteiger partial charge is 0.384 e. The van der Waals surface area contributed by atoms with Crippen molar-refractivity contribution in [3.05, 3.63) is 35.4 Å². The van der Waals surface area contributed by atoms with Crippen LogP contribution in [0.4, 0.5) is 0 Å². The lowest BCUT2D eigenvalue weighted by molar-refractivity contribution is 0.320. The minimum Gasteiger partial charge on any atom is -0.384 e. The molecule has 3 heteroatoms. The molecule has 0 aromatic heterocycles. The third-order valence-electron chi connectivity index (χ3n) is 3.18. The highest BCUT2D eigenvalue weighted by molar-refractivity contribution is 5.94. The molecule has 3 N–H and O–H groups in total. The molecule has 1 aromatic carbocycles. The zero-order valence-corrected chi connectivity index (χ0v) is 9.74. The van der Waals surface area contributed by atoms with Crippen LogP contribution in [0.2, 0.25) is 0 Å². The van der Waals surface area contributed by atoms with Gasteiger partial charge in [0.15, 0.2) is 0 Å². The first-order valence-corrected chi connectivity index (χ1v) is 5.81. The number of nitrogens with zero attached hydrogens (tertiary/aromatic N) is 1. The van der Waals surface area contributed by atoms with E-state index >= 15 is 0 Å². The molecule has 0 saturated carbocycles. The molecule has 0 bridgehead atoms. The first-order chi connectivity index (χ1) is 7.65. The summed E-state index contributed by atoms with van der Waals surface area (Å²) in [5.74, 6) is 0.970. The SMILES string of the molecule is CC1CCN(Cc2ccc(C(=N)N)cc2)C1. The summed E-state index contributed by atoms with van der Waals surface area (Å²) in [4.78, 5) is 2.48. The van der Waals surface area contributed by atoms with Crippen LogP contribution < -0.4 is 5.73 Å². The van der Waals surface area contributed by atoms with Gasteiger partial charge in [-0.15, -0.1) is 0 Å². The van der Waals surface area contributed by atoms with Gasteiger partial charge in [0.1, 0.15) is 5.84 Å². The fourth-order valence-electron chi connectivity index (χ4n) is 2.22. The van der Waals surface area contributed by atoms with Crippen LogP contribution in [0.5, 0.6) is 0 Å². The quantitative estimate of drug-likeness (QED) is 0.599. The van der Waals surface area contributed by atoms with Gasteiger partial charge in [0.2, 0.25) is 0 Å². The topological polar surface area (TPSA) is 53.1 Å². The minimum absolute atomic E-state index is 0.140. The summed E-state index contributed by atoms with van der Waals surface area (Å²) in [6.45, 7) is 5.73. The highest BCUT2D eigenvalue weighted by Gasteiger charge is 2.18. The molecule has 1 heterocycles. The van der Waals surface area contributed by atoms with Crippen molar-refractivity contribution in [2.45, 2.75) is 19.9 Å². The van der Waals surface area contributed by atoms with Gasteiger partial charge in [-0.05, 0) is 24.4 Å². The molecule has 2 rings (SSSR count). The third kappa shape index (κ3) is 2.61. The highest BCUT2D eigenvalue weighted by atomic mass is 15.1. The average Bonchev–Trinajstić information content (AvgIpc) is 2.65. The zero-order valence-electron chi connectivity index (χ0n) is 9.74. The standard InChI is InChI=1S/C13H19N3/c1-10-6-7-16(8-10)9-11-2-4-12(5-3-11)13(14)15/h2-5,10H,6-9H2,1H3,(H3,14,15). The van der Waals surface area contributed by atoms with Crippen molar-refractivity contribution >= 4 is 5.84 Å². The fraction of sp³-hybridized carbons (Fsp3) is 0.462. The molecular formula is C13H19N3. The second-order valence-electron chi connectivity index (χ2n) is 4.74. The molecule has 1 unspecified atom stereocenters. The molecule has 16 heavy (non-hydrogen) atoms. The van der Waals surface area contributed by atoms with Crippen molar-refractivity contribution in [2.75, 3.05) is 13.1 Å². The molecule has 3 nitrogen and oxygen atoms in total. The van der Waals surface area contributed by atoms with E-state index in [-0.39, 0.29) is 5.84 Å². The van der Waals surface area contributed by atoms with E-state index in [2.05, 4.69) is 24.0 Å². The Hall–Kier alpha value is -1.35. The Balaban J connectivity index is 1.97. The molecule has 1 atom stereocenters. The Morgan fingerprint density at radius 1 is 1.44 bits per heavy atom. The Morgan fingerprint density at radius 2 is 2.12 bits per heavy atom. The van der Waals surface area contributed by atoms with Crippen LogP contribution in [0.15, 0.2) is 24.3 Å². The normalized spacial score (nSPS) is 21.2. The van der Waals surface area contributed by atoms with Crippen LogP contribution >= 0.6 is 0 Å². The zero-order chi connectivity index (χ0) is 11.5. The summed E-state index contributed by atoms with van der Waals surface area (Å²) in [6, 6.07) is 7.99. The molecule has 0 radical (unpaired) electrons. The lowest BCUT2D eigenvalue weighted by Crippen LogP contribution is -2.19. The maximum absolute atomic E-state index is 7.32. The van der Waals surface area contributed by atoms with Crippen molar-refractivity contribution in [1.82, 2.24) is 4.90 Å². The number of likely N-dealkylation sites (tertiary alicyclic amines) is 1. The smallest absolute Gasteiger partial charge is 0.122 e. The van der Waals surface area contributed by atoms with E-state index in [1.54, 1.807) is 0 Å². The predicted octanol–water partition coefficient (Wildman–Crippen LogP) is 1.81. The van der Waals surface area contributed by atoms with Crippen LogP contribution in [0, 0.1) is 11.3 Å². The van der Waals surface area contributed by atoms with Crippen LogP contribution in [0.1, 0.15) is 24.5 Å². The molecule has 0 spiro atoms. The van der Waals surface area contributed by atoms with Crippen LogP contribution in [-0.2, 0) is 6.54 Å². The number of amidine groups is 1. The molecule has 1 aliphatic rings. The predicted molar refractivity (Wildman–Crippen MR) is 66.5 cm³/mol. The van der Waals surface area contributed by atoms with Gasteiger partial charge in [0.05, 0.1) is 0 Å². The van der Waals surface area contributed by atoms with E-state index in [9.17, 15) is 0 Å². The van der Waals surface area contributed by atoms with E-state index in [0.29, 0.717) is 0 Å². The number of rotatable bonds is 3. The van der Waals surface area contributed by atoms with Gasteiger partial charge in [-0.2, -0.15) is 0 Å². The first-order valence-electron chi connectivity index (χ1n) is 5.81. The number of nitrogen functional groups attached to an aromatic ring is 1. The van der Waals surface area contributed by atoms with Crippen molar-refractivity contribution < 1.29 is 0 Å². The molecule has 0 amide bonds. The second kappa shape index (κ2) is 4.66. The lowest BCUT2D eigenvalue weighted by Gasteiger charge is -2.15. The Labute approximate surface area is 96.8 Å². The maximum Gasteiger partial charge on any atom is 0.122 e. The van der Waals surface area contributed by atoms with Gasteiger partial charge >= 0.3 is 0 Å². The van der Waals surface area contributed by atoms with Crippen molar-refractivity contribution in [3.63, 3.8) is 0 Å². The highest BCUT2D eigenvalue weighted by Crippen LogP contribution is 2.17. The number of benzene rings is 1. The molecule has 1 fully saturated rings. The Morgan fingerprint density at radius 3 is 2.62 bits per heavy atom. The van der Waals surface area contributed by atoms with E-state index < -0.39 is 0 Å². The number of hydrogen-bond acceptors (Lipinski definition) is 2. The molecule has 1 aliphatic heterocycles. The number of nitrogens with one attached hydrogen (secondary N) is 1. The van der Waals surface area contributed by atoms with Gasteiger partial charge in [-0.1, -0.05) is 31.2 Å². The molecular weight excluding hydrogens is 198 g/mol. The Bertz CT molecular complexity index is 369. The summed E-state index contributed by atoms with van der Waals surface area (Å²) in [7, 11) is 0. The summed E-state index contributed by atoms with van der Waals surface area (Å²) in [6.07, 6.45) is 1.31. The summed E-state index contributed by atoms with van der Waals surface area (Å²) in [5.41, 5.74) is 7.53. The van der Waals surface area contributed by atoms with Crippen LogP contribution in [0.25, 0.3) is 0 Å². The monoisotopic (exact) mass is 217 g/mol. The first kappa shape index (κ1) is 11.1. The fourth-order valence-corrected chi connectivity index (χ4v) is 2.22. The summed E-state index contributed by atoms with van der Waals surface area (Å²) < 4.78 is 0. The Kier molecular flexibility index (Phi) is 3.25. The lowest BCUT2D eigenvalue weighted by atomic mass is 10.1. The van der Waals surface area contributed by atoms with E-state index in [1.807, 2.05) is 12.1 Å². The van der Waals surface area contributed by atoms with E-state index in [4.69, 9.17) is 11.1 Å². The molecule has 0 aliphatic carbocycles. The van der Waals surface area contributed by atoms with Crippen molar-refractivity contribution in [3.8, 4) is 0 Å². The molecule has 1 saturated heterocycles.